The van der Waals surface area contributed by atoms with E-state index >= 15 is 0 Å². The van der Waals surface area contributed by atoms with Crippen molar-refractivity contribution >= 4 is 11.6 Å². The van der Waals surface area contributed by atoms with E-state index in [9.17, 15) is 5.11 Å². The van der Waals surface area contributed by atoms with Crippen LogP contribution >= 0.6 is 0 Å². The predicted octanol–water partition coefficient (Wildman–Crippen LogP) is 2.94. The van der Waals surface area contributed by atoms with Crippen molar-refractivity contribution in [2.45, 2.75) is 26.1 Å². The zero-order chi connectivity index (χ0) is 18.2. The van der Waals surface area contributed by atoms with E-state index in [1.807, 2.05) is 38.1 Å². The molecule has 0 heterocycles. The third-order valence-electron chi connectivity index (χ3n) is 3.43. The van der Waals surface area contributed by atoms with Gasteiger partial charge in [-0.15, -0.1) is 0 Å². The number of methoxy groups -OCH3 is 1. The minimum atomic E-state index is -0.729. The van der Waals surface area contributed by atoms with Gasteiger partial charge in [0.05, 0.1) is 25.9 Å². The molecule has 1 atom stereocenters. The lowest BCUT2D eigenvalue weighted by atomic mass is 10.1. The Morgan fingerprint density at radius 2 is 1.68 bits per heavy atom. The van der Waals surface area contributed by atoms with E-state index < -0.39 is 6.10 Å². The highest BCUT2D eigenvalue weighted by Crippen LogP contribution is 2.18. The number of ether oxygens (including phenoxy) is 2. The Labute approximate surface area is 148 Å². The zero-order valence-corrected chi connectivity index (χ0v) is 14.8. The van der Waals surface area contributed by atoms with Gasteiger partial charge in [-0.1, -0.05) is 12.1 Å². The molecule has 0 spiro atoms. The second-order valence-corrected chi connectivity index (χ2v) is 5.83. The molecular formula is C19H25N3O3. The molecule has 2 rings (SSSR count). The van der Waals surface area contributed by atoms with Gasteiger partial charge in [0, 0.05) is 5.69 Å². The number of benzene rings is 2. The normalized spacial score (nSPS) is 12.8. The van der Waals surface area contributed by atoms with Gasteiger partial charge >= 0.3 is 0 Å². The summed E-state index contributed by atoms with van der Waals surface area (Å²) in [7, 11) is 1.60. The van der Waals surface area contributed by atoms with E-state index in [0.717, 1.165) is 22.7 Å². The van der Waals surface area contributed by atoms with Crippen molar-refractivity contribution in [2.75, 3.05) is 19.0 Å². The predicted molar refractivity (Wildman–Crippen MR) is 100 cm³/mol. The molecule has 0 fully saturated rings. The number of nitrogens with one attached hydrogen (secondary N) is 1. The van der Waals surface area contributed by atoms with Crippen LogP contribution in [0.2, 0.25) is 0 Å². The molecule has 0 aliphatic carbocycles. The first-order chi connectivity index (χ1) is 12.0. The van der Waals surface area contributed by atoms with Crippen molar-refractivity contribution in [1.29, 1.82) is 0 Å². The average Bonchev–Trinajstić information content (AvgIpc) is 2.61. The Morgan fingerprint density at radius 1 is 1.08 bits per heavy atom. The minimum absolute atomic E-state index is 0.130. The second kappa shape index (κ2) is 8.94. The molecule has 0 amide bonds. The van der Waals surface area contributed by atoms with Crippen molar-refractivity contribution in [2.24, 2.45) is 10.7 Å². The lowest BCUT2D eigenvalue weighted by Crippen LogP contribution is -2.23. The summed E-state index contributed by atoms with van der Waals surface area (Å²) < 4.78 is 10.7. The van der Waals surface area contributed by atoms with Crippen molar-refractivity contribution in [3.63, 3.8) is 0 Å². The maximum atomic E-state index is 10.2. The van der Waals surface area contributed by atoms with Crippen LogP contribution in [0.3, 0.4) is 0 Å². The number of hydrogen-bond donors (Lipinski definition) is 3. The number of nitrogens with two attached hydrogens (primary N) is 1. The molecule has 2 aromatic carbocycles. The van der Waals surface area contributed by atoms with Gasteiger partial charge in [0.25, 0.3) is 0 Å². The molecule has 6 heteroatoms. The first-order valence-corrected chi connectivity index (χ1v) is 8.13. The summed E-state index contributed by atoms with van der Waals surface area (Å²) in [6.45, 7) is 4.12. The SMILES string of the molecule is COc1ccc(C(O)CN=C(N)Nc2ccc(OC(C)C)cc2)cc1. The fraction of sp³-hybridized carbons (Fsp3) is 0.316. The summed E-state index contributed by atoms with van der Waals surface area (Å²) >= 11 is 0. The van der Waals surface area contributed by atoms with Crippen LogP contribution in [0.25, 0.3) is 0 Å². The fourth-order valence-corrected chi connectivity index (χ4v) is 2.19. The number of nitrogens with zero attached hydrogens (tertiary/aromatic N) is 1. The van der Waals surface area contributed by atoms with E-state index in [2.05, 4.69) is 10.3 Å². The molecular weight excluding hydrogens is 318 g/mol. The number of hydrogen-bond acceptors (Lipinski definition) is 4. The third-order valence-corrected chi connectivity index (χ3v) is 3.43. The highest BCUT2D eigenvalue weighted by Gasteiger charge is 2.07. The highest BCUT2D eigenvalue weighted by molar-refractivity contribution is 5.92. The van der Waals surface area contributed by atoms with E-state index in [0.29, 0.717) is 0 Å². The van der Waals surface area contributed by atoms with Crippen LogP contribution in [0, 0.1) is 0 Å². The summed E-state index contributed by atoms with van der Waals surface area (Å²) in [5.74, 6) is 1.78. The molecule has 2 aromatic rings. The van der Waals surface area contributed by atoms with Gasteiger partial charge in [-0.2, -0.15) is 0 Å². The Kier molecular flexibility index (Phi) is 6.65. The fourth-order valence-electron chi connectivity index (χ4n) is 2.19. The van der Waals surface area contributed by atoms with E-state index in [4.69, 9.17) is 15.2 Å². The average molecular weight is 343 g/mol. The molecule has 4 N–H and O–H groups in total. The highest BCUT2D eigenvalue weighted by atomic mass is 16.5. The van der Waals surface area contributed by atoms with Crippen LogP contribution in [-0.2, 0) is 0 Å². The van der Waals surface area contributed by atoms with Crippen LogP contribution < -0.4 is 20.5 Å². The first-order valence-electron chi connectivity index (χ1n) is 8.13. The Morgan fingerprint density at radius 3 is 2.24 bits per heavy atom. The minimum Gasteiger partial charge on any atom is -0.497 e. The van der Waals surface area contributed by atoms with Gasteiger partial charge in [-0.05, 0) is 55.8 Å². The van der Waals surface area contributed by atoms with E-state index in [1.54, 1.807) is 31.4 Å². The van der Waals surface area contributed by atoms with Gasteiger partial charge in [-0.25, -0.2) is 0 Å². The summed E-state index contributed by atoms with van der Waals surface area (Å²) in [6, 6.07) is 14.6. The molecule has 25 heavy (non-hydrogen) atoms. The quantitative estimate of drug-likeness (QED) is 0.531. The number of aliphatic imine (C=N–C) groups is 1. The van der Waals surface area contributed by atoms with Crippen LogP contribution in [0.1, 0.15) is 25.5 Å². The number of anilines is 1. The van der Waals surface area contributed by atoms with E-state index in [-0.39, 0.29) is 18.6 Å². The van der Waals surface area contributed by atoms with Crippen LogP contribution in [0.5, 0.6) is 11.5 Å². The van der Waals surface area contributed by atoms with Gasteiger partial charge in [0.2, 0.25) is 0 Å². The molecule has 0 radical (unpaired) electrons. The molecule has 0 bridgehead atoms. The molecule has 0 saturated carbocycles. The standard InChI is InChI=1S/C19H25N3O3/c1-13(2)25-17-10-6-15(7-11-17)22-19(20)21-12-18(23)14-4-8-16(24-3)9-5-14/h4-11,13,18,23H,12H2,1-3H3,(H3,20,21,22). The van der Waals surface area contributed by atoms with Gasteiger partial charge in [0.1, 0.15) is 11.5 Å². The maximum Gasteiger partial charge on any atom is 0.193 e. The zero-order valence-electron chi connectivity index (χ0n) is 14.8. The molecule has 0 aliphatic heterocycles. The Hall–Kier alpha value is -2.73. The number of rotatable bonds is 7. The molecule has 0 saturated heterocycles. The Bertz CT molecular complexity index is 682. The lowest BCUT2D eigenvalue weighted by Gasteiger charge is -2.12. The summed E-state index contributed by atoms with van der Waals surface area (Å²) in [4.78, 5) is 4.18. The van der Waals surface area contributed by atoms with Crippen LogP contribution in [0.15, 0.2) is 53.5 Å². The van der Waals surface area contributed by atoms with Gasteiger partial charge in [0.15, 0.2) is 5.96 Å². The third kappa shape index (κ3) is 6.00. The molecule has 1 unspecified atom stereocenters. The number of guanidine groups is 1. The second-order valence-electron chi connectivity index (χ2n) is 5.83. The number of aliphatic hydroxyl groups excluding tert-OH is 1. The van der Waals surface area contributed by atoms with Crippen molar-refractivity contribution in [3.05, 3.63) is 54.1 Å². The van der Waals surface area contributed by atoms with Crippen molar-refractivity contribution in [1.82, 2.24) is 0 Å². The smallest absolute Gasteiger partial charge is 0.193 e. The van der Waals surface area contributed by atoms with Crippen molar-refractivity contribution in [3.8, 4) is 11.5 Å². The molecule has 6 nitrogen and oxygen atoms in total. The monoisotopic (exact) mass is 343 g/mol. The molecule has 134 valence electrons. The van der Waals surface area contributed by atoms with Gasteiger partial charge < -0.3 is 25.6 Å². The van der Waals surface area contributed by atoms with Crippen molar-refractivity contribution < 1.29 is 14.6 Å². The van der Waals surface area contributed by atoms with Crippen LogP contribution in [0.4, 0.5) is 5.69 Å². The molecule has 0 aliphatic rings. The Balaban J connectivity index is 1.89. The maximum absolute atomic E-state index is 10.2. The summed E-state index contributed by atoms with van der Waals surface area (Å²) in [5, 5.41) is 13.2. The molecule has 0 aromatic heterocycles. The summed E-state index contributed by atoms with van der Waals surface area (Å²) in [6.07, 6.45) is -0.599. The van der Waals surface area contributed by atoms with Gasteiger partial charge in [-0.3, -0.25) is 4.99 Å². The number of aliphatic hydroxyl groups is 1. The largest absolute Gasteiger partial charge is 0.497 e. The topological polar surface area (TPSA) is 89.1 Å². The lowest BCUT2D eigenvalue weighted by molar-refractivity contribution is 0.187. The van der Waals surface area contributed by atoms with E-state index in [1.165, 1.54) is 0 Å². The van der Waals surface area contributed by atoms with Crippen LogP contribution in [-0.4, -0.2) is 30.8 Å². The first kappa shape index (κ1) is 18.6. The summed E-state index contributed by atoms with van der Waals surface area (Å²) in [5.41, 5.74) is 7.43.